The van der Waals surface area contributed by atoms with Crippen LogP contribution in [0.5, 0.6) is 0 Å². The smallest absolute Gasteiger partial charge is 0.223 e. The highest BCUT2D eigenvalue weighted by Gasteiger charge is 2.20. The number of hydrogen-bond acceptors (Lipinski definition) is 8. The van der Waals surface area contributed by atoms with Crippen molar-refractivity contribution in [1.29, 1.82) is 0 Å². The zero-order valence-electron chi connectivity index (χ0n) is 15.7. The zero-order valence-corrected chi connectivity index (χ0v) is 15.7. The first-order chi connectivity index (χ1) is 12.5. The summed E-state index contributed by atoms with van der Waals surface area (Å²) in [6, 6.07) is 0.199. The maximum absolute atomic E-state index is 5.34. The largest absolute Gasteiger partial charge is 0.361 e. The monoisotopic (exact) mass is 353 g/mol. The minimum Gasteiger partial charge on any atom is -0.361 e. The second-order valence-electron chi connectivity index (χ2n) is 6.55. The molecule has 0 saturated carbocycles. The van der Waals surface area contributed by atoms with E-state index in [1.54, 1.807) is 24.8 Å². The van der Waals surface area contributed by atoms with Crippen LogP contribution in [0.15, 0.2) is 29.3 Å². The van der Waals surface area contributed by atoms with E-state index in [1.165, 1.54) is 0 Å². The van der Waals surface area contributed by atoms with E-state index in [0.29, 0.717) is 17.4 Å². The van der Waals surface area contributed by atoms with Crippen LogP contribution < -0.4 is 5.32 Å². The number of hydrogen-bond donors (Lipinski definition) is 1. The molecule has 1 N–H and O–H groups in total. The normalized spacial score (nSPS) is 12.4. The molecule has 3 aromatic rings. The molecule has 1 atom stereocenters. The van der Waals surface area contributed by atoms with E-state index in [-0.39, 0.29) is 6.04 Å². The van der Waals surface area contributed by atoms with Crippen molar-refractivity contribution in [3.63, 3.8) is 0 Å². The van der Waals surface area contributed by atoms with Crippen molar-refractivity contribution in [2.75, 3.05) is 26.0 Å². The van der Waals surface area contributed by atoms with E-state index in [1.807, 2.05) is 27.9 Å². The molecule has 0 saturated heterocycles. The topological polar surface area (TPSA) is 92.9 Å². The fourth-order valence-electron chi connectivity index (χ4n) is 2.90. The van der Waals surface area contributed by atoms with Crippen LogP contribution in [0, 0.1) is 13.8 Å². The minimum absolute atomic E-state index is 0.199. The Morgan fingerprint density at radius 1 is 1.15 bits per heavy atom. The van der Waals surface area contributed by atoms with E-state index in [9.17, 15) is 0 Å². The van der Waals surface area contributed by atoms with Crippen molar-refractivity contribution in [2.24, 2.45) is 0 Å². The van der Waals surface area contributed by atoms with Gasteiger partial charge in [-0.3, -0.25) is 9.97 Å². The van der Waals surface area contributed by atoms with E-state index in [0.717, 1.165) is 29.1 Å². The predicted molar refractivity (Wildman–Crippen MR) is 99.7 cm³/mol. The molecule has 0 fully saturated rings. The first-order valence-electron chi connectivity index (χ1n) is 8.43. The van der Waals surface area contributed by atoms with Gasteiger partial charge in [0.2, 0.25) is 5.95 Å². The second-order valence-corrected chi connectivity index (χ2v) is 6.55. The molecule has 0 unspecified atom stereocenters. The molecule has 3 aromatic heterocycles. The van der Waals surface area contributed by atoms with Gasteiger partial charge in [0.05, 0.1) is 28.8 Å². The average molecular weight is 353 g/mol. The molecule has 0 aliphatic rings. The van der Waals surface area contributed by atoms with E-state index in [2.05, 4.69) is 37.2 Å². The van der Waals surface area contributed by atoms with Gasteiger partial charge in [-0.05, 0) is 34.9 Å². The number of anilines is 1. The summed E-state index contributed by atoms with van der Waals surface area (Å²) >= 11 is 0. The Balaban J connectivity index is 2.06. The lowest BCUT2D eigenvalue weighted by molar-refractivity contribution is 0.391. The summed E-state index contributed by atoms with van der Waals surface area (Å²) in [5, 5.41) is 7.40. The third-order valence-electron chi connectivity index (χ3n) is 3.91. The van der Waals surface area contributed by atoms with Crippen LogP contribution in [0.3, 0.4) is 0 Å². The van der Waals surface area contributed by atoms with Gasteiger partial charge in [-0.15, -0.1) is 0 Å². The number of likely N-dealkylation sites (N-methyl/N-ethyl adjacent to an activating group) is 1. The molecule has 3 rings (SSSR count). The van der Waals surface area contributed by atoms with E-state index in [4.69, 9.17) is 9.51 Å². The highest BCUT2D eigenvalue weighted by Crippen LogP contribution is 2.33. The van der Waals surface area contributed by atoms with Crippen molar-refractivity contribution >= 4 is 5.95 Å². The summed E-state index contributed by atoms with van der Waals surface area (Å²) in [5.74, 6) is 1.26. The second kappa shape index (κ2) is 7.57. The van der Waals surface area contributed by atoms with Gasteiger partial charge >= 0.3 is 0 Å². The van der Waals surface area contributed by atoms with Gasteiger partial charge in [-0.25, -0.2) is 9.97 Å². The van der Waals surface area contributed by atoms with E-state index >= 15 is 0 Å². The Morgan fingerprint density at radius 2 is 1.96 bits per heavy atom. The predicted octanol–water partition coefficient (Wildman–Crippen LogP) is 2.57. The molecule has 0 aromatic carbocycles. The van der Waals surface area contributed by atoms with Crippen molar-refractivity contribution < 1.29 is 4.52 Å². The molecule has 0 amide bonds. The SMILES string of the molecule is Cc1noc(C)c1-c1nc(N[C@H](C)CN(C)C)ncc1-c1cnccn1. The zero-order chi connectivity index (χ0) is 18.7. The van der Waals surface area contributed by atoms with Gasteiger partial charge < -0.3 is 14.7 Å². The lowest BCUT2D eigenvalue weighted by Crippen LogP contribution is -2.30. The summed E-state index contributed by atoms with van der Waals surface area (Å²) in [6.45, 7) is 6.74. The van der Waals surface area contributed by atoms with Gasteiger partial charge in [0.25, 0.3) is 0 Å². The van der Waals surface area contributed by atoms with Crippen LogP contribution >= 0.6 is 0 Å². The van der Waals surface area contributed by atoms with Crippen LogP contribution in [0.4, 0.5) is 5.95 Å². The van der Waals surface area contributed by atoms with Crippen LogP contribution in [0.1, 0.15) is 18.4 Å². The third kappa shape index (κ3) is 3.85. The molecular formula is C18H23N7O. The van der Waals surface area contributed by atoms with Crippen molar-refractivity contribution in [3.05, 3.63) is 36.2 Å². The quantitative estimate of drug-likeness (QED) is 0.723. The van der Waals surface area contributed by atoms with Gasteiger partial charge in [0, 0.05) is 36.7 Å². The van der Waals surface area contributed by atoms with Gasteiger partial charge in [0.1, 0.15) is 5.76 Å². The van der Waals surface area contributed by atoms with Gasteiger partial charge in [0.15, 0.2) is 0 Å². The third-order valence-corrected chi connectivity index (χ3v) is 3.91. The number of nitrogens with one attached hydrogen (secondary N) is 1. The molecule has 0 spiro atoms. The molecule has 0 bridgehead atoms. The lowest BCUT2D eigenvalue weighted by atomic mass is 10.0. The summed E-state index contributed by atoms with van der Waals surface area (Å²) in [5.41, 5.74) is 3.86. The number of nitrogens with zero attached hydrogens (tertiary/aromatic N) is 6. The first-order valence-corrected chi connectivity index (χ1v) is 8.43. The fraction of sp³-hybridized carbons (Fsp3) is 0.389. The lowest BCUT2D eigenvalue weighted by Gasteiger charge is -2.19. The Kier molecular flexibility index (Phi) is 5.22. The van der Waals surface area contributed by atoms with E-state index < -0.39 is 0 Å². The fourth-order valence-corrected chi connectivity index (χ4v) is 2.90. The van der Waals surface area contributed by atoms with Crippen LogP contribution in [-0.2, 0) is 0 Å². The first kappa shape index (κ1) is 17.9. The molecule has 0 aliphatic heterocycles. The molecule has 8 nitrogen and oxygen atoms in total. The van der Waals surface area contributed by atoms with Crippen LogP contribution in [0.25, 0.3) is 22.5 Å². The average Bonchev–Trinajstić information content (AvgIpc) is 2.93. The maximum Gasteiger partial charge on any atom is 0.223 e. The summed E-state index contributed by atoms with van der Waals surface area (Å²) in [6.07, 6.45) is 6.75. The minimum atomic E-state index is 0.199. The Labute approximate surface area is 152 Å². The molecule has 8 heteroatoms. The molecule has 0 aliphatic carbocycles. The van der Waals surface area contributed by atoms with Crippen molar-refractivity contribution in [2.45, 2.75) is 26.8 Å². The van der Waals surface area contributed by atoms with Crippen molar-refractivity contribution in [3.8, 4) is 22.5 Å². The summed E-state index contributed by atoms with van der Waals surface area (Å²) in [4.78, 5) is 19.9. The van der Waals surface area contributed by atoms with Gasteiger partial charge in [-0.1, -0.05) is 5.16 Å². The number of aromatic nitrogens is 5. The summed E-state index contributed by atoms with van der Waals surface area (Å²) < 4.78 is 5.34. The number of aryl methyl sites for hydroxylation is 2. The molecule has 0 radical (unpaired) electrons. The highest BCUT2D eigenvalue weighted by atomic mass is 16.5. The Bertz CT molecular complexity index is 857. The summed E-state index contributed by atoms with van der Waals surface area (Å²) in [7, 11) is 4.07. The molecule has 26 heavy (non-hydrogen) atoms. The maximum atomic E-state index is 5.34. The Hall–Kier alpha value is -2.87. The van der Waals surface area contributed by atoms with Crippen LogP contribution in [0.2, 0.25) is 0 Å². The highest BCUT2D eigenvalue weighted by molar-refractivity contribution is 5.80. The Morgan fingerprint density at radius 3 is 2.58 bits per heavy atom. The molecule has 136 valence electrons. The standard InChI is InChI=1S/C18H23N7O/c1-11(10-25(4)5)22-18-21-8-14(15-9-19-6-7-20-15)17(23-18)16-12(2)24-26-13(16)3/h6-9,11H,10H2,1-5H3,(H,21,22,23)/t11-/m1/s1. The van der Waals surface area contributed by atoms with Crippen molar-refractivity contribution in [1.82, 2.24) is 30.0 Å². The van der Waals surface area contributed by atoms with Gasteiger partial charge in [-0.2, -0.15) is 0 Å². The molecular weight excluding hydrogens is 330 g/mol. The molecule has 3 heterocycles. The van der Waals surface area contributed by atoms with Crippen LogP contribution in [-0.4, -0.2) is 56.7 Å². The number of rotatable bonds is 6.